The smallest absolute Gasteiger partial charge is 0.160 e. The predicted octanol–water partition coefficient (Wildman–Crippen LogP) is 4.53. The fraction of sp³-hybridized carbons (Fsp3) is 0.294. The highest BCUT2D eigenvalue weighted by Gasteiger charge is 2.37. The molecule has 5 nitrogen and oxygen atoms in total. The lowest BCUT2D eigenvalue weighted by Crippen LogP contribution is -2.42. The van der Waals surface area contributed by atoms with Crippen molar-refractivity contribution in [3.63, 3.8) is 0 Å². The van der Waals surface area contributed by atoms with Crippen LogP contribution in [0.3, 0.4) is 0 Å². The SMILES string of the molecule is CNCCCN1Cc2ccccc2N(c2ccc(F)c(F)c2)S1(O)O.Cl. The Kier molecular flexibility index (Phi) is 6.84. The van der Waals surface area contributed by atoms with Crippen LogP contribution in [0.1, 0.15) is 12.0 Å². The summed E-state index contributed by atoms with van der Waals surface area (Å²) >= 11 is 0. The normalized spacial score (nSPS) is 17.3. The molecule has 2 aromatic carbocycles. The van der Waals surface area contributed by atoms with E-state index in [2.05, 4.69) is 5.32 Å². The Morgan fingerprint density at radius 3 is 2.54 bits per heavy atom. The molecule has 2 aromatic rings. The van der Waals surface area contributed by atoms with Crippen LogP contribution in [0.15, 0.2) is 42.5 Å². The fourth-order valence-corrected chi connectivity index (χ4v) is 4.65. The third-order valence-corrected chi connectivity index (χ3v) is 6.02. The molecule has 0 radical (unpaired) electrons. The van der Waals surface area contributed by atoms with Gasteiger partial charge in [0.05, 0.1) is 11.4 Å². The van der Waals surface area contributed by atoms with Crippen molar-refractivity contribution >= 4 is 34.7 Å². The second kappa shape index (κ2) is 8.51. The van der Waals surface area contributed by atoms with E-state index in [1.165, 1.54) is 10.4 Å². The number of halogens is 3. The Hall–Kier alpha value is -1.42. The molecule has 1 aliphatic heterocycles. The van der Waals surface area contributed by atoms with Crippen LogP contribution >= 0.6 is 23.4 Å². The van der Waals surface area contributed by atoms with Crippen LogP contribution in [0.5, 0.6) is 0 Å². The molecule has 1 aliphatic rings. The number of benzene rings is 2. The van der Waals surface area contributed by atoms with Gasteiger partial charge >= 0.3 is 0 Å². The molecule has 26 heavy (non-hydrogen) atoms. The van der Waals surface area contributed by atoms with Gasteiger partial charge in [-0.2, -0.15) is 4.31 Å². The summed E-state index contributed by atoms with van der Waals surface area (Å²) < 4.78 is 51.7. The zero-order chi connectivity index (χ0) is 18.0. The molecule has 3 N–H and O–H groups in total. The highest BCUT2D eigenvalue weighted by molar-refractivity contribution is 8.23. The molecule has 0 saturated heterocycles. The first kappa shape index (κ1) is 20.9. The molecule has 3 rings (SSSR count). The van der Waals surface area contributed by atoms with E-state index in [1.54, 1.807) is 16.4 Å². The Morgan fingerprint density at radius 1 is 1.12 bits per heavy atom. The number of nitrogens with one attached hydrogen (secondary N) is 1. The first-order valence-corrected chi connectivity index (χ1v) is 9.42. The summed E-state index contributed by atoms with van der Waals surface area (Å²) in [6, 6.07) is 10.6. The Bertz CT molecular complexity index is 767. The Balaban J connectivity index is 0.00000243. The average Bonchev–Trinajstić information content (AvgIpc) is 2.58. The van der Waals surface area contributed by atoms with Crippen LogP contribution in [0, 0.1) is 11.6 Å². The summed E-state index contributed by atoms with van der Waals surface area (Å²) in [5.74, 6) is -2.01. The van der Waals surface area contributed by atoms with Crippen molar-refractivity contribution in [2.24, 2.45) is 0 Å². The molecule has 0 aromatic heterocycles. The predicted molar refractivity (Wildman–Crippen MR) is 104 cm³/mol. The zero-order valence-electron chi connectivity index (χ0n) is 14.2. The molecule has 0 amide bonds. The van der Waals surface area contributed by atoms with Gasteiger partial charge in [0.25, 0.3) is 0 Å². The van der Waals surface area contributed by atoms with Gasteiger partial charge in [-0.05, 0) is 54.7 Å². The highest BCUT2D eigenvalue weighted by Crippen LogP contribution is 2.58. The van der Waals surface area contributed by atoms with Crippen LogP contribution in [0.2, 0.25) is 0 Å². The minimum absolute atomic E-state index is 0. The van der Waals surface area contributed by atoms with Gasteiger partial charge in [-0.3, -0.25) is 9.11 Å². The van der Waals surface area contributed by atoms with Gasteiger partial charge in [0.15, 0.2) is 11.6 Å². The van der Waals surface area contributed by atoms with Crippen LogP contribution in [0.4, 0.5) is 20.2 Å². The quantitative estimate of drug-likeness (QED) is 0.638. The van der Waals surface area contributed by atoms with E-state index in [1.807, 2.05) is 19.2 Å². The maximum atomic E-state index is 13.7. The summed E-state index contributed by atoms with van der Waals surface area (Å²) in [6.45, 7) is 1.57. The molecule has 1 heterocycles. The van der Waals surface area contributed by atoms with Crippen molar-refractivity contribution in [2.45, 2.75) is 13.0 Å². The molecule has 0 saturated carbocycles. The minimum atomic E-state index is -3.39. The van der Waals surface area contributed by atoms with Crippen molar-refractivity contribution in [3.8, 4) is 0 Å². The second-order valence-electron chi connectivity index (χ2n) is 5.83. The third kappa shape index (κ3) is 3.95. The van der Waals surface area contributed by atoms with Crippen molar-refractivity contribution in [1.82, 2.24) is 9.62 Å². The van der Waals surface area contributed by atoms with Crippen LogP contribution < -0.4 is 9.62 Å². The number of hydrogen-bond acceptors (Lipinski definition) is 5. The maximum Gasteiger partial charge on any atom is 0.160 e. The summed E-state index contributed by atoms with van der Waals surface area (Å²) in [5.41, 5.74) is 1.67. The average molecular weight is 406 g/mol. The zero-order valence-corrected chi connectivity index (χ0v) is 15.9. The Labute approximate surface area is 159 Å². The van der Waals surface area contributed by atoms with Gasteiger partial charge in [0.1, 0.15) is 0 Å². The van der Waals surface area contributed by atoms with E-state index in [0.29, 0.717) is 18.8 Å². The van der Waals surface area contributed by atoms with E-state index in [9.17, 15) is 17.9 Å². The number of anilines is 2. The third-order valence-electron chi connectivity index (χ3n) is 4.12. The summed E-state index contributed by atoms with van der Waals surface area (Å²) in [5, 5.41) is 3.02. The molecule has 0 unspecified atom stereocenters. The molecule has 0 aliphatic carbocycles. The van der Waals surface area contributed by atoms with Gasteiger partial charge in [0, 0.05) is 19.2 Å². The van der Waals surface area contributed by atoms with Crippen LogP contribution in [-0.2, 0) is 6.54 Å². The van der Waals surface area contributed by atoms with Gasteiger partial charge < -0.3 is 5.32 Å². The molecule has 144 valence electrons. The number of rotatable bonds is 5. The second-order valence-corrected chi connectivity index (χ2v) is 7.69. The molecular formula is C17H22ClF2N3O2S. The van der Waals surface area contributed by atoms with E-state index >= 15 is 0 Å². The van der Waals surface area contributed by atoms with Crippen molar-refractivity contribution < 1.29 is 17.9 Å². The molecular weight excluding hydrogens is 384 g/mol. The minimum Gasteiger partial charge on any atom is -0.320 e. The molecule has 0 atom stereocenters. The maximum absolute atomic E-state index is 13.7. The van der Waals surface area contributed by atoms with Gasteiger partial charge in [-0.25, -0.2) is 13.1 Å². The number of hydrogen-bond donors (Lipinski definition) is 3. The Morgan fingerprint density at radius 2 is 1.85 bits per heavy atom. The largest absolute Gasteiger partial charge is 0.320 e. The lowest BCUT2D eigenvalue weighted by molar-refractivity contribution is 0.331. The monoisotopic (exact) mass is 405 g/mol. The van der Waals surface area contributed by atoms with E-state index in [4.69, 9.17) is 0 Å². The lowest BCUT2D eigenvalue weighted by atomic mass is 10.1. The number of nitrogens with zero attached hydrogens (tertiary/aromatic N) is 2. The topological polar surface area (TPSA) is 59.0 Å². The first-order valence-electron chi connectivity index (χ1n) is 7.96. The lowest BCUT2D eigenvalue weighted by Gasteiger charge is -2.53. The van der Waals surface area contributed by atoms with Gasteiger partial charge in [-0.1, -0.05) is 18.2 Å². The fourth-order valence-electron chi connectivity index (χ4n) is 2.89. The summed E-state index contributed by atoms with van der Waals surface area (Å²) in [6.07, 6.45) is 0.722. The van der Waals surface area contributed by atoms with Crippen LogP contribution in [0.25, 0.3) is 0 Å². The van der Waals surface area contributed by atoms with Crippen molar-refractivity contribution in [3.05, 3.63) is 59.7 Å². The first-order chi connectivity index (χ1) is 11.9. The number of para-hydroxylation sites is 1. The van der Waals surface area contributed by atoms with Crippen LogP contribution in [-0.4, -0.2) is 33.5 Å². The highest BCUT2D eigenvalue weighted by atomic mass is 35.5. The van der Waals surface area contributed by atoms with Crippen molar-refractivity contribution in [1.29, 1.82) is 0 Å². The summed E-state index contributed by atoms with van der Waals surface area (Å²) in [4.78, 5) is 0. The van der Waals surface area contributed by atoms with E-state index < -0.39 is 22.6 Å². The number of fused-ring (bicyclic) bond motifs is 1. The molecule has 0 bridgehead atoms. The van der Waals surface area contributed by atoms with Crippen molar-refractivity contribution in [2.75, 3.05) is 24.4 Å². The summed E-state index contributed by atoms with van der Waals surface area (Å²) in [7, 11) is -1.56. The van der Waals surface area contributed by atoms with Gasteiger partial charge in [0.2, 0.25) is 0 Å². The van der Waals surface area contributed by atoms with Gasteiger partial charge in [-0.15, -0.1) is 12.4 Å². The standard InChI is InChI=1S/C17H21F2N3O2S.ClH/c1-20-9-4-10-21-12-13-5-2-3-6-17(13)22(25(21,23)24)14-7-8-15(18)16(19)11-14;/h2-3,5-8,11,20,23-24H,4,9-10,12H2,1H3;1H. The van der Waals surface area contributed by atoms with E-state index in [-0.39, 0.29) is 18.1 Å². The molecule has 0 spiro atoms. The van der Waals surface area contributed by atoms with E-state index in [0.717, 1.165) is 30.7 Å². The molecule has 9 heteroatoms. The molecule has 0 fully saturated rings.